The number of hydrogen-bond acceptors (Lipinski definition) is 5. The second-order valence-electron chi connectivity index (χ2n) is 6.52. The first-order valence-electron chi connectivity index (χ1n) is 8.83. The van der Waals surface area contributed by atoms with Gasteiger partial charge in [0.25, 0.3) is 11.5 Å². The van der Waals surface area contributed by atoms with E-state index in [1.54, 1.807) is 48.5 Å². The molecular weight excluding hydrogens is 374 g/mol. The summed E-state index contributed by atoms with van der Waals surface area (Å²) in [7, 11) is 0. The molecule has 1 unspecified atom stereocenters. The van der Waals surface area contributed by atoms with Gasteiger partial charge in [0.05, 0.1) is 5.69 Å². The quantitative estimate of drug-likeness (QED) is 0.586. The number of carboxylic acids is 1. The van der Waals surface area contributed by atoms with E-state index < -0.39 is 34.9 Å². The molecule has 148 valence electrons. The molecule has 3 N–H and O–H groups in total. The maximum atomic E-state index is 12.6. The van der Waals surface area contributed by atoms with Crippen LogP contribution in [0.1, 0.15) is 21.6 Å². The number of aryl methyl sites for hydroxylation is 1. The lowest BCUT2D eigenvalue weighted by atomic mass is 10.1. The summed E-state index contributed by atoms with van der Waals surface area (Å²) < 4.78 is 0.981. The Morgan fingerprint density at radius 1 is 1.10 bits per heavy atom. The third-order valence-corrected chi connectivity index (χ3v) is 4.26. The van der Waals surface area contributed by atoms with Crippen LogP contribution < -0.4 is 10.9 Å². The zero-order valence-electron chi connectivity index (χ0n) is 15.6. The van der Waals surface area contributed by atoms with Crippen molar-refractivity contribution in [1.82, 2.24) is 15.1 Å². The molecule has 1 amide bonds. The maximum Gasteiger partial charge on any atom is 0.326 e. The third kappa shape index (κ3) is 4.67. The lowest BCUT2D eigenvalue weighted by Crippen LogP contribution is -2.43. The van der Waals surface area contributed by atoms with Crippen LogP contribution in [0.25, 0.3) is 5.69 Å². The van der Waals surface area contributed by atoms with Crippen LogP contribution >= 0.6 is 0 Å². The molecule has 1 aromatic heterocycles. The van der Waals surface area contributed by atoms with Gasteiger partial charge in [-0.1, -0.05) is 42.5 Å². The van der Waals surface area contributed by atoms with E-state index in [2.05, 4.69) is 10.4 Å². The fourth-order valence-corrected chi connectivity index (χ4v) is 2.83. The molecule has 3 aromatic rings. The molecule has 8 nitrogen and oxygen atoms in total. The Balaban J connectivity index is 1.90. The number of carbonyl (C=O) groups is 2. The number of nitrogens with zero attached hydrogens (tertiary/aromatic N) is 2. The van der Waals surface area contributed by atoms with Crippen LogP contribution in [0.2, 0.25) is 0 Å². The molecule has 0 saturated carbocycles. The van der Waals surface area contributed by atoms with E-state index in [9.17, 15) is 24.6 Å². The molecule has 3 rings (SSSR count). The molecule has 8 heteroatoms. The summed E-state index contributed by atoms with van der Waals surface area (Å²) >= 11 is 0. The number of aliphatic carboxylic acids is 1. The van der Waals surface area contributed by atoms with Crippen molar-refractivity contribution in [2.24, 2.45) is 0 Å². The van der Waals surface area contributed by atoms with Gasteiger partial charge in [-0.05, 0) is 30.2 Å². The Morgan fingerprint density at radius 3 is 2.48 bits per heavy atom. The number of rotatable bonds is 6. The highest BCUT2D eigenvalue weighted by atomic mass is 16.4. The Labute approximate surface area is 166 Å². The van der Waals surface area contributed by atoms with Gasteiger partial charge in [0, 0.05) is 12.5 Å². The van der Waals surface area contributed by atoms with Gasteiger partial charge in [0.1, 0.15) is 6.04 Å². The molecule has 0 spiro atoms. The lowest BCUT2D eigenvalue weighted by molar-refractivity contribution is -0.139. The van der Waals surface area contributed by atoms with Gasteiger partial charge in [-0.2, -0.15) is 9.78 Å². The summed E-state index contributed by atoms with van der Waals surface area (Å²) in [4.78, 5) is 36.4. The van der Waals surface area contributed by atoms with Crippen LogP contribution in [0.4, 0.5) is 0 Å². The summed E-state index contributed by atoms with van der Waals surface area (Å²) in [6.07, 6.45) is 0.0557. The largest absolute Gasteiger partial charge is 0.505 e. The first kappa shape index (κ1) is 19.8. The Kier molecular flexibility index (Phi) is 5.73. The minimum atomic E-state index is -1.23. The van der Waals surface area contributed by atoms with Crippen molar-refractivity contribution in [2.45, 2.75) is 19.4 Å². The predicted molar refractivity (Wildman–Crippen MR) is 105 cm³/mol. The summed E-state index contributed by atoms with van der Waals surface area (Å²) in [5.41, 5.74) is 0.962. The van der Waals surface area contributed by atoms with Crippen molar-refractivity contribution < 1.29 is 19.8 Å². The van der Waals surface area contributed by atoms with Gasteiger partial charge in [-0.3, -0.25) is 9.59 Å². The van der Waals surface area contributed by atoms with Gasteiger partial charge in [-0.25, -0.2) is 4.79 Å². The SMILES string of the molecule is Cc1cccc(-n2nc(C(=O)NC(Cc3ccccc3)C(=O)O)c(O)cc2=O)c1. The van der Waals surface area contributed by atoms with Crippen molar-refractivity contribution in [3.05, 3.63) is 87.8 Å². The first-order chi connectivity index (χ1) is 13.8. The molecule has 1 heterocycles. The molecule has 0 saturated heterocycles. The zero-order valence-corrected chi connectivity index (χ0v) is 15.6. The van der Waals surface area contributed by atoms with Gasteiger partial charge >= 0.3 is 5.97 Å². The second kappa shape index (κ2) is 8.39. The number of aromatic nitrogens is 2. The normalized spacial score (nSPS) is 11.6. The number of benzene rings is 2. The molecule has 1 atom stereocenters. The Bertz CT molecular complexity index is 1110. The second-order valence-corrected chi connectivity index (χ2v) is 6.52. The number of amides is 1. The Hall–Kier alpha value is -3.94. The van der Waals surface area contributed by atoms with Crippen LogP contribution in [0, 0.1) is 6.92 Å². The molecule has 29 heavy (non-hydrogen) atoms. The molecule has 2 aromatic carbocycles. The fraction of sp³-hybridized carbons (Fsp3) is 0.143. The average molecular weight is 393 g/mol. The zero-order chi connectivity index (χ0) is 21.0. The first-order valence-corrected chi connectivity index (χ1v) is 8.83. The van der Waals surface area contributed by atoms with Crippen molar-refractivity contribution in [3.63, 3.8) is 0 Å². The summed E-state index contributed by atoms with van der Waals surface area (Å²) in [6.45, 7) is 1.84. The lowest BCUT2D eigenvalue weighted by Gasteiger charge is -2.15. The van der Waals surface area contributed by atoms with Gasteiger partial charge in [0.15, 0.2) is 11.4 Å². The van der Waals surface area contributed by atoms with Crippen molar-refractivity contribution in [2.75, 3.05) is 0 Å². The van der Waals surface area contributed by atoms with Crippen LogP contribution in [0.5, 0.6) is 5.75 Å². The number of nitrogens with one attached hydrogen (secondary N) is 1. The molecule has 0 aliphatic heterocycles. The highest BCUT2D eigenvalue weighted by Gasteiger charge is 2.24. The molecule has 0 bridgehead atoms. The van der Waals surface area contributed by atoms with E-state index in [1.165, 1.54) is 0 Å². The van der Waals surface area contributed by atoms with Gasteiger partial charge < -0.3 is 15.5 Å². The minimum Gasteiger partial charge on any atom is -0.505 e. The Morgan fingerprint density at radius 2 is 1.83 bits per heavy atom. The molecule has 0 aliphatic rings. The van der Waals surface area contributed by atoms with Crippen molar-refractivity contribution in [3.8, 4) is 11.4 Å². The molecule has 0 radical (unpaired) electrons. The number of carboxylic acid groups (broad SMARTS) is 1. The van der Waals surface area contributed by atoms with Crippen LogP contribution in [0.3, 0.4) is 0 Å². The van der Waals surface area contributed by atoms with E-state index in [0.29, 0.717) is 5.69 Å². The molecular formula is C21H19N3O5. The number of carbonyl (C=O) groups excluding carboxylic acids is 1. The average Bonchev–Trinajstić information content (AvgIpc) is 2.68. The summed E-state index contributed by atoms with van der Waals surface area (Å²) in [6, 6.07) is 15.4. The smallest absolute Gasteiger partial charge is 0.326 e. The molecule has 0 fully saturated rings. The van der Waals surface area contributed by atoms with E-state index in [1.807, 2.05) is 13.0 Å². The van der Waals surface area contributed by atoms with Gasteiger partial charge in [0.2, 0.25) is 0 Å². The fourth-order valence-electron chi connectivity index (χ4n) is 2.83. The van der Waals surface area contributed by atoms with E-state index in [4.69, 9.17) is 0 Å². The summed E-state index contributed by atoms with van der Waals surface area (Å²) in [5.74, 6) is -2.75. The van der Waals surface area contributed by atoms with E-state index in [-0.39, 0.29) is 6.42 Å². The van der Waals surface area contributed by atoms with Crippen LogP contribution in [0.15, 0.2) is 65.5 Å². The van der Waals surface area contributed by atoms with Crippen LogP contribution in [-0.4, -0.2) is 37.9 Å². The van der Waals surface area contributed by atoms with Crippen LogP contribution in [-0.2, 0) is 11.2 Å². The minimum absolute atomic E-state index is 0.0557. The predicted octanol–water partition coefficient (Wildman–Crippen LogP) is 1.67. The topological polar surface area (TPSA) is 122 Å². The highest BCUT2D eigenvalue weighted by molar-refractivity contribution is 5.97. The maximum absolute atomic E-state index is 12.6. The summed E-state index contributed by atoms with van der Waals surface area (Å²) in [5, 5.41) is 25.8. The number of hydrogen-bond donors (Lipinski definition) is 3. The van der Waals surface area contributed by atoms with Gasteiger partial charge in [-0.15, -0.1) is 0 Å². The highest BCUT2D eigenvalue weighted by Crippen LogP contribution is 2.14. The van der Waals surface area contributed by atoms with Crippen molar-refractivity contribution in [1.29, 1.82) is 0 Å². The molecule has 0 aliphatic carbocycles. The van der Waals surface area contributed by atoms with E-state index in [0.717, 1.165) is 21.9 Å². The monoisotopic (exact) mass is 393 g/mol. The van der Waals surface area contributed by atoms with E-state index >= 15 is 0 Å². The third-order valence-electron chi connectivity index (χ3n) is 4.26. The number of aromatic hydroxyl groups is 1. The standard InChI is InChI=1S/C21H19N3O5/c1-13-6-5-9-15(10-13)24-18(26)12-17(25)19(23-24)20(27)22-16(21(28)29)11-14-7-3-2-4-8-14/h2-10,12,16,25H,11H2,1H3,(H,22,27)(H,28,29). The van der Waals surface area contributed by atoms with Crippen molar-refractivity contribution >= 4 is 11.9 Å².